The molecule has 1 aliphatic heterocycles. The highest BCUT2D eigenvalue weighted by Crippen LogP contribution is 2.31. The number of nitrogens with two attached hydrogens (primary N) is 1. The maximum atomic E-state index is 5.91. The van der Waals surface area contributed by atoms with Gasteiger partial charge < -0.3 is 15.5 Å². The van der Waals surface area contributed by atoms with Crippen LogP contribution in [0.4, 0.5) is 5.69 Å². The standard InChI is InChI=1S/C14H22BrN3/c1-10(16)11-4-5-14(13(15)8-11)18-7-6-12(9-18)17(2)3/h4-5,8,10,12H,6-7,9,16H2,1-3H3/t10-,12?/m0/s1. The number of nitrogens with zero attached hydrogens (tertiary/aromatic N) is 2. The Bertz CT molecular complexity index is 418. The first-order valence-corrected chi connectivity index (χ1v) is 7.24. The Morgan fingerprint density at radius 3 is 2.67 bits per heavy atom. The molecule has 2 N–H and O–H groups in total. The topological polar surface area (TPSA) is 32.5 Å². The molecule has 4 heteroatoms. The molecule has 1 heterocycles. The molecule has 1 fully saturated rings. The normalized spacial score (nSPS) is 21.7. The van der Waals surface area contributed by atoms with Crippen molar-refractivity contribution in [1.29, 1.82) is 0 Å². The molecule has 0 radical (unpaired) electrons. The van der Waals surface area contributed by atoms with Crippen LogP contribution < -0.4 is 10.6 Å². The lowest BCUT2D eigenvalue weighted by Crippen LogP contribution is -2.31. The zero-order valence-electron chi connectivity index (χ0n) is 11.4. The smallest absolute Gasteiger partial charge is 0.0511 e. The van der Waals surface area contributed by atoms with Gasteiger partial charge in [0.05, 0.1) is 5.69 Å². The zero-order chi connectivity index (χ0) is 13.3. The minimum Gasteiger partial charge on any atom is -0.369 e. The van der Waals surface area contributed by atoms with Gasteiger partial charge in [0.25, 0.3) is 0 Å². The van der Waals surface area contributed by atoms with E-state index in [0.29, 0.717) is 6.04 Å². The number of hydrogen-bond donors (Lipinski definition) is 1. The number of benzene rings is 1. The van der Waals surface area contributed by atoms with Gasteiger partial charge in [-0.3, -0.25) is 0 Å². The second kappa shape index (κ2) is 5.59. The molecule has 100 valence electrons. The van der Waals surface area contributed by atoms with Crippen LogP contribution in [0.25, 0.3) is 0 Å². The van der Waals surface area contributed by atoms with Crippen molar-refractivity contribution in [1.82, 2.24) is 4.90 Å². The third kappa shape index (κ3) is 2.87. The van der Waals surface area contributed by atoms with E-state index in [1.165, 1.54) is 17.7 Å². The van der Waals surface area contributed by atoms with Crippen LogP contribution in [0, 0.1) is 0 Å². The summed E-state index contributed by atoms with van der Waals surface area (Å²) in [5.74, 6) is 0. The minimum absolute atomic E-state index is 0.0865. The van der Waals surface area contributed by atoms with Crippen molar-refractivity contribution in [2.24, 2.45) is 5.73 Å². The van der Waals surface area contributed by atoms with Gasteiger partial charge in [-0.1, -0.05) is 6.07 Å². The van der Waals surface area contributed by atoms with Crippen LogP contribution >= 0.6 is 15.9 Å². The highest BCUT2D eigenvalue weighted by atomic mass is 79.9. The highest BCUT2D eigenvalue weighted by Gasteiger charge is 2.25. The number of halogens is 1. The second-order valence-corrected chi connectivity index (χ2v) is 6.21. The fraction of sp³-hybridized carbons (Fsp3) is 0.571. The fourth-order valence-corrected chi connectivity index (χ4v) is 3.09. The van der Waals surface area contributed by atoms with Crippen LogP contribution in [-0.4, -0.2) is 38.1 Å². The summed E-state index contributed by atoms with van der Waals surface area (Å²) in [6, 6.07) is 7.20. The summed E-state index contributed by atoms with van der Waals surface area (Å²) in [6.07, 6.45) is 1.23. The Hall–Kier alpha value is -0.580. The lowest BCUT2D eigenvalue weighted by Gasteiger charge is -2.23. The summed E-state index contributed by atoms with van der Waals surface area (Å²) < 4.78 is 1.15. The van der Waals surface area contributed by atoms with Crippen molar-refractivity contribution in [3.05, 3.63) is 28.2 Å². The molecule has 1 saturated heterocycles. The number of likely N-dealkylation sites (N-methyl/N-ethyl adjacent to an activating group) is 1. The molecule has 1 aromatic carbocycles. The monoisotopic (exact) mass is 311 g/mol. The zero-order valence-corrected chi connectivity index (χ0v) is 12.9. The van der Waals surface area contributed by atoms with Crippen LogP contribution in [0.5, 0.6) is 0 Å². The number of hydrogen-bond acceptors (Lipinski definition) is 3. The first-order chi connectivity index (χ1) is 8.49. The van der Waals surface area contributed by atoms with Gasteiger partial charge in [-0.25, -0.2) is 0 Å². The molecule has 3 nitrogen and oxygen atoms in total. The SMILES string of the molecule is C[C@H](N)c1ccc(N2CCC(N(C)C)C2)c(Br)c1. The molecule has 2 rings (SSSR count). The van der Waals surface area contributed by atoms with Gasteiger partial charge in [0, 0.05) is 29.6 Å². The van der Waals surface area contributed by atoms with Gasteiger partial charge in [-0.05, 0) is 61.1 Å². The van der Waals surface area contributed by atoms with E-state index in [-0.39, 0.29) is 6.04 Å². The van der Waals surface area contributed by atoms with E-state index in [2.05, 4.69) is 58.0 Å². The summed E-state index contributed by atoms with van der Waals surface area (Å²) in [7, 11) is 4.31. The number of anilines is 1. The fourth-order valence-electron chi connectivity index (χ4n) is 2.44. The van der Waals surface area contributed by atoms with Gasteiger partial charge in [0.15, 0.2) is 0 Å². The molecule has 0 aromatic heterocycles. The highest BCUT2D eigenvalue weighted by molar-refractivity contribution is 9.10. The molecular weight excluding hydrogens is 290 g/mol. The van der Waals surface area contributed by atoms with Crippen molar-refractivity contribution in [2.45, 2.75) is 25.4 Å². The Morgan fingerprint density at radius 1 is 1.44 bits per heavy atom. The largest absolute Gasteiger partial charge is 0.369 e. The van der Waals surface area contributed by atoms with E-state index in [4.69, 9.17) is 5.73 Å². The summed E-state index contributed by atoms with van der Waals surface area (Å²) in [4.78, 5) is 4.75. The van der Waals surface area contributed by atoms with Gasteiger partial charge in [0.1, 0.15) is 0 Å². The summed E-state index contributed by atoms with van der Waals surface area (Å²) in [6.45, 7) is 4.24. The van der Waals surface area contributed by atoms with Gasteiger partial charge in [-0.2, -0.15) is 0 Å². The third-order valence-electron chi connectivity index (χ3n) is 3.73. The average Bonchev–Trinajstić information content (AvgIpc) is 2.78. The molecule has 0 saturated carbocycles. The Kier molecular flexibility index (Phi) is 4.30. The maximum Gasteiger partial charge on any atom is 0.0511 e. The molecule has 18 heavy (non-hydrogen) atoms. The third-order valence-corrected chi connectivity index (χ3v) is 4.37. The Morgan fingerprint density at radius 2 is 2.17 bits per heavy atom. The predicted octanol–water partition coefficient (Wildman–Crippen LogP) is 2.61. The van der Waals surface area contributed by atoms with Crippen LogP contribution in [0.15, 0.2) is 22.7 Å². The molecule has 1 aromatic rings. The average molecular weight is 312 g/mol. The van der Waals surface area contributed by atoms with Crippen LogP contribution in [0.1, 0.15) is 24.9 Å². The van der Waals surface area contributed by atoms with Gasteiger partial charge in [-0.15, -0.1) is 0 Å². The lowest BCUT2D eigenvalue weighted by molar-refractivity contribution is 0.315. The molecule has 2 atom stereocenters. The van der Waals surface area contributed by atoms with Crippen molar-refractivity contribution in [2.75, 3.05) is 32.1 Å². The molecular formula is C14H22BrN3. The van der Waals surface area contributed by atoms with Crippen molar-refractivity contribution >= 4 is 21.6 Å². The first kappa shape index (κ1) is 13.8. The van der Waals surface area contributed by atoms with Gasteiger partial charge >= 0.3 is 0 Å². The predicted molar refractivity (Wildman–Crippen MR) is 81.0 cm³/mol. The van der Waals surface area contributed by atoms with Crippen LogP contribution in [0.2, 0.25) is 0 Å². The molecule has 0 spiro atoms. The van der Waals surface area contributed by atoms with E-state index in [0.717, 1.165) is 17.6 Å². The molecule has 0 aliphatic carbocycles. The Labute approximate surface area is 118 Å². The van der Waals surface area contributed by atoms with E-state index in [1.807, 2.05) is 6.92 Å². The van der Waals surface area contributed by atoms with Crippen LogP contribution in [-0.2, 0) is 0 Å². The van der Waals surface area contributed by atoms with E-state index < -0.39 is 0 Å². The molecule has 0 amide bonds. The van der Waals surface area contributed by atoms with Crippen LogP contribution in [0.3, 0.4) is 0 Å². The number of rotatable bonds is 3. The quantitative estimate of drug-likeness (QED) is 0.931. The second-order valence-electron chi connectivity index (χ2n) is 5.35. The van der Waals surface area contributed by atoms with E-state index >= 15 is 0 Å². The Balaban J connectivity index is 2.15. The van der Waals surface area contributed by atoms with Gasteiger partial charge in [0.2, 0.25) is 0 Å². The minimum atomic E-state index is 0.0865. The first-order valence-electron chi connectivity index (χ1n) is 6.45. The summed E-state index contributed by atoms with van der Waals surface area (Å²) in [5.41, 5.74) is 8.36. The van der Waals surface area contributed by atoms with E-state index in [1.54, 1.807) is 0 Å². The van der Waals surface area contributed by atoms with E-state index in [9.17, 15) is 0 Å². The molecule has 1 unspecified atom stereocenters. The lowest BCUT2D eigenvalue weighted by atomic mass is 10.1. The maximum absolute atomic E-state index is 5.91. The van der Waals surface area contributed by atoms with Crippen molar-refractivity contribution in [3.8, 4) is 0 Å². The molecule has 1 aliphatic rings. The summed E-state index contributed by atoms with van der Waals surface area (Å²) >= 11 is 3.67. The molecule has 0 bridgehead atoms. The van der Waals surface area contributed by atoms with Crippen molar-refractivity contribution < 1.29 is 0 Å². The summed E-state index contributed by atoms with van der Waals surface area (Å²) in [5, 5.41) is 0. The van der Waals surface area contributed by atoms with Crippen molar-refractivity contribution in [3.63, 3.8) is 0 Å².